The Labute approximate surface area is 158 Å². The molecule has 0 radical (unpaired) electrons. The van der Waals surface area contributed by atoms with Crippen molar-refractivity contribution in [2.45, 2.75) is 32.5 Å². The molecule has 148 valence electrons. The molecule has 27 heavy (non-hydrogen) atoms. The van der Waals surface area contributed by atoms with E-state index in [2.05, 4.69) is 10.1 Å². The number of hydrogen-bond donors (Lipinski definition) is 2. The highest BCUT2D eigenvalue weighted by Gasteiger charge is 2.33. The van der Waals surface area contributed by atoms with E-state index in [4.69, 9.17) is 11.6 Å². The summed E-state index contributed by atoms with van der Waals surface area (Å²) >= 11 is 5.50. The van der Waals surface area contributed by atoms with Gasteiger partial charge in [0.05, 0.1) is 10.6 Å². The Bertz CT molecular complexity index is 735. The first-order valence-electron chi connectivity index (χ1n) is 7.84. The summed E-state index contributed by atoms with van der Waals surface area (Å²) in [6.45, 7) is 2.88. The summed E-state index contributed by atoms with van der Waals surface area (Å²) in [7, 11) is 0. The first-order valence-corrected chi connectivity index (χ1v) is 8.22. The molecule has 0 saturated carbocycles. The zero-order valence-corrected chi connectivity index (χ0v) is 15.3. The third kappa shape index (κ3) is 8.12. The van der Waals surface area contributed by atoms with Gasteiger partial charge in [-0.25, -0.2) is 9.59 Å². The zero-order chi connectivity index (χ0) is 20.6. The number of benzene rings is 1. The number of ether oxygens (including phenoxy) is 1. The molecule has 0 saturated heterocycles. The van der Waals surface area contributed by atoms with Crippen molar-refractivity contribution >= 4 is 35.6 Å². The number of alkyl halides is 3. The maximum atomic E-state index is 12.8. The second-order valence-electron chi connectivity index (χ2n) is 5.51. The molecule has 0 aromatic heterocycles. The predicted octanol–water partition coefficient (Wildman–Crippen LogP) is 3.54. The first-order chi connectivity index (χ1) is 12.5. The third-order valence-electron chi connectivity index (χ3n) is 3.30. The Balaban J connectivity index is 2.55. The zero-order valence-electron chi connectivity index (χ0n) is 14.5. The molecule has 1 rings (SSSR count). The molecule has 0 aliphatic carbocycles. The van der Waals surface area contributed by atoms with Gasteiger partial charge in [-0.1, -0.05) is 24.6 Å². The first kappa shape index (κ1) is 22.5. The van der Waals surface area contributed by atoms with E-state index in [1.807, 2.05) is 12.2 Å². The van der Waals surface area contributed by atoms with Gasteiger partial charge in [-0.15, -0.1) is 0 Å². The summed E-state index contributed by atoms with van der Waals surface area (Å²) in [5.41, 5.74) is -0.965. The minimum absolute atomic E-state index is 0.0704. The summed E-state index contributed by atoms with van der Waals surface area (Å²) in [6, 6.07) is 2.26. The largest absolute Gasteiger partial charge is 0.452 e. The van der Waals surface area contributed by atoms with Crippen LogP contribution in [0.2, 0.25) is 5.02 Å². The number of nitrogens with one attached hydrogen (secondary N) is 2. The standard InChI is InChI=1S/C17H18ClF3N2O4/c1-3-10(2)22-16(26)23-14(24)9-27-15(25)7-5-11-4-6-13(18)12(8-11)17(19,20)21/h4-8,10H,3,9H2,1-2H3,(H2,22,23,24,26)/b7-5+/t10-/m1/s1. The van der Waals surface area contributed by atoms with Gasteiger partial charge in [0.15, 0.2) is 6.61 Å². The second-order valence-corrected chi connectivity index (χ2v) is 5.92. The quantitative estimate of drug-likeness (QED) is 0.559. The summed E-state index contributed by atoms with van der Waals surface area (Å²) in [5.74, 6) is -1.81. The van der Waals surface area contributed by atoms with E-state index in [0.717, 1.165) is 24.3 Å². The molecule has 1 aromatic rings. The number of urea groups is 1. The molecule has 2 N–H and O–H groups in total. The Morgan fingerprint density at radius 3 is 2.56 bits per heavy atom. The number of esters is 1. The molecule has 0 bridgehead atoms. The summed E-state index contributed by atoms with van der Waals surface area (Å²) in [6.07, 6.45) is -2.02. The van der Waals surface area contributed by atoms with Crippen LogP contribution in [0.1, 0.15) is 31.4 Å². The molecule has 3 amide bonds. The van der Waals surface area contributed by atoms with Crippen LogP contribution in [-0.2, 0) is 20.5 Å². The van der Waals surface area contributed by atoms with E-state index in [-0.39, 0.29) is 11.6 Å². The highest BCUT2D eigenvalue weighted by Crippen LogP contribution is 2.35. The highest BCUT2D eigenvalue weighted by atomic mass is 35.5. The fourth-order valence-corrected chi connectivity index (χ4v) is 1.96. The normalized spacial score (nSPS) is 12.5. The van der Waals surface area contributed by atoms with Crippen molar-refractivity contribution in [3.63, 3.8) is 0 Å². The van der Waals surface area contributed by atoms with E-state index in [1.165, 1.54) is 6.07 Å². The van der Waals surface area contributed by atoms with Crippen LogP contribution in [-0.4, -0.2) is 30.6 Å². The Kier molecular flexibility index (Phi) is 8.30. The minimum Gasteiger partial charge on any atom is -0.452 e. The minimum atomic E-state index is -4.63. The van der Waals surface area contributed by atoms with Gasteiger partial charge in [0.2, 0.25) is 0 Å². The lowest BCUT2D eigenvalue weighted by Crippen LogP contribution is -2.44. The second kappa shape index (κ2) is 9.96. The van der Waals surface area contributed by atoms with Crippen molar-refractivity contribution in [1.29, 1.82) is 0 Å². The lowest BCUT2D eigenvalue weighted by Gasteiger charge is -2.11. The number of carbonyl (C=O) groups is 3. The van der Waals surface area contributed by atoms with Crippen molar-refractivity contribution in [2.75, 3.05) is 6.61 Å². The van der Waals surface area contributed by atoms with Crippen molar-refractivity contribution in [2.24, 2.45) is 0 Å². The topological polar surface area (TPSA) is 84.5 Å². The van der Waals surface area contributed by atoms with Gasteiger partial charge in [-0.3, -0.25) is 10.1 Å². The van der Waals surface area contributed by atoms with Crippen LogP contribution in [0.15, 0.2) is 24.3 Å². The summed E-state index contributed by atoms with van der Waals surface area (Å²) in [4.78, 5) is 34.4. The molecule has 0 spiro atoms. The van der Waals surface area contributed by atoms with Crippen LogP contribution < -0.4 is 10.6 Å². The van der Waals surface area contributed by atoms with Gasteiger partial charge >= 0.3 is 18.2 Å². The molecule has 0 fully saturated rings. The lowest BCUT2D eigenvalue weighted by molar-refractivity contribution is -0.143. The fourth-order valence-electron chi connectivity index (χ4n) is 1.74. The molecule has 0 heterocycles. The number of amides is 3. The van der Waals surface area contributed by atoms with Crippen LogP contribution >= 0.6 is 11.6 Å². The maximum Gasteiger partial charge on any atom is 0.417 e. The third-order valence-corrected chi connectivity index (χ3v) is 3.63. The number of imide groups is 1. The molecule has 0 aliphatic rings. The van der Waals surface area contributed by atoms with Crippen LogP contribution in [0.5, 0.6) is 0 Å². The molecular weight excluding hydrogens is 389 g/mol. The van der Waals surface area contributed by atoms with E-state index in [1.54, 1.807) is 6.92 Å². The average Bonchev–Trinajstić information content (AvgIpc) is 2.57. The summed E-state index contributed by atoms with van der Waals surface area (Å²) in [5, 5.41) is 4.00. The van der Waals surface area contributed by atoms with Gasteiger partial charge in [0, 0.05) is 12.1 Å². The van der Waals surface area contributed by atoms with Crippen molar-refractivity contribution in [3.05, 3.63) is 40.4 Å². The van der Waals surface area contributed by atoms with Crippen LogP contribution in [0, 0.1) is 0 Å². The van der Waals surface area contributed by atoms with Crippen molar-refractivity contribution < 1.29 is 32.3 Å². The SMILES string of the molecule is CC[C@@H](C)NC(=O)NC(=O)COC(=O)/C=C/c1ccc(Cl)c(C(F)(F)F)c1. The van der Waals surface area contributed by atoms with Crippen LogP contribution in [0.25, 0.3) is 6.08 Å². The number of halogens is 4. The molecular formula is C17H18ClF3N2O4. The van der Waals surface area contributed by atoms with Gasteiger partial charge in [0.1, 0.15) is 0 Å². The Hall–Kier alpha value is -2.55. The monoisotopic (exact) mass is 406 g/mol. The molecule has 10 heteroatoms. The fraction of sp³-hybridized carbons (Fsp3) is 0.353. The number of rotatable bonds is 6. The Morgan fingerprint density at radius 1 is 1.30 bits per heavy atom. The van der Waals surface area contributed by atoms with Gasteiger partial charge < -0.3 is 10.1 Å². The van der Waals surface area contributed by atoms with Crippen LogP contribution in [0.4, 0.5) is 18.0 Å². The van der Waals surface area contributed by atoms with E-state index in [0.29, 0.717) is 6.42 Å². The summed E-state index contributed by atoms with van der Waals surface area (Å²) < 4.78 is 42.9. The molecule has 1 aromatic carbocycles. The average molecular weight is 407 g/mol. The highest BCUT2D eigenvalue weighted by molar-refractivity contribution is 6.31. The van der Waals surface area contributed by atoms with E-state index in [9.17, 15) is 27.6 Å². The predicted molar refractivity (Wildman–Crippen MR) is 92.9 cm³/mol. The van der Waals surface area contributed by atoms with E-state index < -0.39 is 41.3 Å². The number of carbonyl (C=O) groups excluding carboxylic acids is 3. The molecule has 0 unspecified atom stereocenters. The van der Waals surface area contributed by atoms with Gasteiger partial charge in [0.25, 0.3) is 5.91 Å². The van der Waals surface area contributed by atoms with Crippen molar-refractivity contribution in [3.8, 4) is 0 Å². The number of hydrogen-bond acceptors (Lipinski definition) is 4. The molecule has 0 aliphatic heterocycles. The van der Waals surface area contributed by atoms with Gasteiger partial charge in [-0.2, -0.15) is 13.2 Å². The maximum absolute atomic E-state index is 12.8. The lowest BCUT2D eigenvalue weighted by atomic mass is 10.1. The smallest absolute Gasteiger partial charge is 0.417 e. The molecule has 1 atom stereocenters. The van der Waals surface area contributed by atoms with Gasteiger partial charge in [-0.05, 0) is 37.1 Å². The Morgan fingerprint density at radius 2 is 1.96 bits per heavy atom. The van der Waals surface area contributed by atoms with E-state index >= 15 is 0 Å². The van der Waals surface area contributed by atoms with Crippen LogP contribution in [0.3, 0.4) is 0 Å². The van der Waals surface area contributed by atoms with Crippen molar-refractivity contribution in [1.82, 2.24) is 10.6 Å². The molecule has 6 nitrogen and oxygen atoms in total.